The van der Waals surface area contributed by atoms with Crippen LogP contribution < -0.4 is 18.9 Å². The highest BCUT2D eigenvalue weighted by atomic mass is 16.5. The minimum absolute atomic E-state index is 0.388. The lowest BCUT2D eigenvalue weighted by Gasteiger charge is -2.07. The molecule has 27 heavy (non-hydrogen) atoms. The van der Waals surface area contributed by atoms with Gasteiger partial charge in [-0.15, -0.1) is 0 Å². The molecule has 2 rings (SSSR count). The Bertz CT molecular complexity index is 788. The Balaban J connectivity index is 2.16. The number of benzene rings is 2. The number of nitrogens with zero attached hydrogens (tertiary/aromatic N) is 1. The molecule has 0 amide bonds. The summed E-state index contributed by atoms with van der Waals surface area (Å²) in [4.78, 5) is 0. The lowest BCUT2D eigenvalue weighted by molar-refractivity contribution is 0.320. The zero-order chi connectivity index (χ0) is 19.6. The van der Waals surface area contributed by atoms with E-state index in [2.05, 4.69) is 5.16 Å². The maximum absolute atomic E-state index is 9.24. The first kappa shape index (κ1) is 19.9. The summed E-state index contributed by atoms with van der Waals surface area (Å²) in [7, 11) is 6.33. The number of ether oxygens (including phenoxy) is 4. The van der Waals surface area contributed by atoms with Gasteiger partial charge in [0, 0.05) is 0 Å². The number of hydrogen-bond acceptors (Lipinski definition) is 6. The predicted octanol–water partition coefficient (Wildman–Crippen LogP) is 4.28. The molecule has 6 heteroatoms. The molecule has 2 aromatic carbocycles. The first-order valence-electron chi connectivity index (χ1n) is 8.17. The van der Waals surface area contributed by atoms with Gasteiger partial charge in [0.05, 0.1) is 28.4 Å². The molecule has 142 valence electrons. The third-order valence-corrected chi connectivity index (χ3v) is 3.82. The van der Waals surface area contributed by atoms with E-state index in [0.717, 1.165) is 11.1 Å². The van der Waals surface area contributed by atoms with Gasteiger partial charge in [0.15, 0.2) is 23.0 Å². The second kappa shape index (κ2) is 9.91. The lowest BCUT2D eigenvalue weighted by atomic mass is 10.1. The molecule has 0 radical (unpaired) electrons. The molecule has 0 bridgehead atoms. The number of rotatable bonds is 8. The van der Waals surface area contributed by atoms with Crippen LogP contribution in [0.25, 0.3) is 12.2 Å². The average molecular weight is 369 g/mol. The van der Waals surface area contributed by atoms with Crippen molar-refractivity contribution in [1.29, 1.82) is 0 Å². The van der Waals surface area contributed by atoms with Gasteiger partial charge in [0.2, 0.25) is 0 Å². The molecule has 6 nitrogen and oxygen atoms in total. The molecule has 0 aliphatic rings. The quantitative estimate of drug-likeness (QED) is 0.427. The van der Waals surface area contributed by atoms with E-state index < -0.39 is 0 Å². The minimum Gasteiger partial charge on any atom is -0.493 e. The van der Waals surface area contributed by atoms with Gasteiger partial charge in [0.1, 0.15) is 5.71 Å². The second-order valence-electron chi connectivity index (χ2n) is 5.42. The van der Waals surface area contributed by atoms with Crippen molar-refractivity contribution in [2.24, 2.45) is 5.16 Å². The van der Waals surface area contributed by atoms with E-state index in [1.54, 1.807) is 40.6 Å². The summed E-state index contributed by atoms with van der Waals surface area (Å²) in [6.45, 7) is 0. The Kier molecular flexibility index (Phi) is 7.31. The van der Waals surface area contributed by atoms with Crippen LogP contribution in [-0.2, 0) is 0 Å². The van der Waals surface area contributed by atoms with Crippen molar-refractivity contribution < 1.29 is 24.2 Å². The fourth-order valence-electron chi connectivity index (χ4n) is 2.40. The smallest absolute Gasteiger partial charge is 0.161 e. The van der Waals surface area contributed by atoms with Gasteiger partial charge in [-0.1, -0.05) is 29.4 Å². The normalized spacial score (nSPS) is 10.8. The van der Waals surface area contributed by atoms with Crippen LogP contribution in [-0.4, -0.2) is 39.4 Å². The van der Waals surface area contributed by atoms with Crippen molar-refractivity contribution in [3.63, 3.8) is 0 Å². The molecule has 0 saturated carbocycles. The van der Waals surface area contributed by atoms with Crippen LogP contribution in [0, 0.1) is 0 Å². The SMILES string of the molecule is COc1ccc(/C=C/C(/C=C/c2ccc(OC)c(OC)c2)=NO)cc1OC. The fourth-order valence-corrected chi connectivity index (χ4v) is 2.40. The molecule has 0 atom stereocenters. The van der Waals surface area contributed by atoms with Gasteiger partial charge in [-0.25, -0.2) is 0 Å². The van der Waals surface area contributed by atoms with E-state index in [0.29, 0.717) is 28.7 Å². The van der Waals surface area contributed by atoms with Crippen molar-refractivity contribution in [3.05, 3.63) is 59.7 Å². The standard InChI is InChI=1S/C21H23NO5/c1-24-18-11-7-15(13-20(18)26-3)5-9-17(22-23)10-6-16-8-12-19(25-2)21(14-16)27-4/h5-14,23H,1-4H3/b9-5+,10-6+. The van der Waals surface area contributed by atoms with Crippen molar-refractivity contribution in [3.8, 4) is 23.0 Å². The van der Waals surface area contributed by atoms with Gasteiger partial charge >= 0.3 is 0 Å². The largest absolute Gasteiger partial charge is 0.493 e. The van der Waals surface area contributed by atoms with E-state index in [1.807, 2.05) is 48.6 Å². The molecular formula is C21H23NO5. The molecular weight excluding hydrogens is 346 g/mol. The molecule has 0 aromatic heterocycles. The Labute approximate surface area is 158 Å². The number of hydrogen-bond donors (Lipinski definition) is 1. The predicted molar refractivity (Wildman–Crippen MR) is 106 cm³/mol. The van der Waals surface area contributed by atoms with Crippen LogP contribution in [0.3, 0.4) is 0 Å². The summed E-state index contributed by atoms with van der Waals surface area (Å²) in [5.41, 5.74) is 2.15. The Morgan fingerprint density at radius 2 is 1.11 bits per heavy atom. The van der Waals surface area contributed by atoms with Crippen LogP contribution >= 0.6 is 0 Å². The first-order valence-corrected chi connectivity index (χ1v) is 8.17. The fraction of sp³-hybridized carbons (Fsp3) is 0.190. The number of allylic oxidation sites excluding steroid dienone is 2. The maximum atomic E-state index is 9.24. The molecule has 0 unspecified atom stereocenters. The van der Waals surface area contributed by atoms with E-state index in [9.17, 15) is 5.21 Å². The van der Waals surface area contributed by atoms with E-state index in [-0.39, 0.29) is 0 Å². The van der Waals surface area contributed by atoms with E-state index in [4.69, 9.17) is 18.9 Å². The lowest BCUT2D eigenvalue weighted by Crippen LogP contribution is -1.92. The molecule has 0 fully saturated rings. The topological polar surface area (TPSA) is 69.5 Å². The van der Waals surface area contributed by atoms with Crippen LogP contribution in [0.4, 0.5) is 0 Å². The molecule has 0 aliphatic carbocycles. The third kappa shape index (κ3) is 5.28. The number of oxime groups is 1. The highest BCUT2D eigenvalue weighted by Gasteiger charge is 2.04. The molecule has 0 aliphatic heterocycles. The Hall–Kier alpha value is -3.41. The summed E-state index contributed by atoms with van der Waals surface area (Å²) in [6.07, 6.45) is 7.02. The summed E-state index contributed by atoms with van der Waals surface area (Å²) in [5, 5.41) is 12.5. The minimum atomic E-state index is 0.388. The zero-order valence-electron chi connectivity index (χ0n) is 15.8. The van der Waals surface area contributed by atoms with Gasteiger partial charge < -0.3 is 24.2 Å². The maximum Gasteiger partial charge on any atom is 0.161 e. The van der Waals surface area contributed by atoms with Crippen LogP contribution in [0.2, 0.25) is 0 Å². The monoisotopic (exact) mass is 369 g/mol. The van der Waals surface area contributed by atoms with Crippen LogP contribution in [0.5, 0.6) is 23.0 Å². The van der Waals surface area contributed by atoms with Crippen molar-refractivity contribution in [2.75, 3.05) is 28.4 Å². The highest BCUT2D eigenvalue weighted by Crippen LogP contribution is 2.29. The molecule has 2 aromatic rings. The van der Waals surface area contributed by atoms with Crippen LogP contribution in [0.15, 0.2) is 53.7 Å². The van der Waals surface area contributed by atoms with E-state index >= 15 is 0 Å². The summed E-state index contributed by atoms with van der Waals surface area (Å²) in [6, 6.07) is 11.1. The van der Waals surface area contributed by atoms with Gasteiger partial charge in [-0.2, -0.15) is 0 Å². The van der Waals surface area contributed by atoms with Crippen molar-refractivity contribution in [1.82, 2.24) is 0 Å². The van der Waals surface area contributed by atoms with Gasteiger partial charge in [0.25, 0.3) is 0 Å². The average Bonchev–Trinajstić information content (AvgIpc) is 2.73. The Morgan fingerprint density at radius 3 is 1.44 bits per heavy atom. The summed E-state index contributed by atoms with van der Waals surface area (Å²) in [5.74, 6) is 2.56. The van der Waals surface area contributed by atoms with Crippen molar-refractivity contribution in [2.45, 2.75) is 0 Å². The molecule has 0 spiro atoms. The first-order chi connectivity index (χ1) is 13.1. The molecule has 0 saturated heterocycles. The van der Waals surface area contributed by atoms with Crippen molar-refractivity contribution >= 4 is 17.9 Å². The zero-order valence-corrected chi connectivity index (χ0v) is 15.8. The second-order valence-corrected chi connectivity index (χ2v) is 5.42. The summed E-state index contributed by atoms with van der Waals surface area (Å²) < 4.78 is 21.0. The third-order valence-electron chi connectivity index (χ3n) is 3.82. The van der Waals surface area contributed by atoms with Crippen LogP contribution in [0.1, 0.15) is 11.1 Å². The van der Waals surface area contributed by atoms with Gasteiger partial charge in [-0.3, -0.25) is 0 Å². The molecule has 1 N–H and O–H groups in total. The van der Waals surface area contributed by atoms with Gasteiger partial charge in [-0.05, 0) is 47.5 Å². The highest BCUT2D eigenvalue weighted by molar-refractivity contribution is 6.08. The Morgan fingerprint density at radius 1 is 0.704 bits per heavy atom. The van der Waals surface area contributed by atoms with E-state index in [1.165, 1.54) is 0 Å². The molecule has 0 heterocycles. The number of methoxy groups -OCH3 is 4. The summed E-state index contributed by atoms with van der Waals surface area (Å²) >= 11 is 0.